The molecule has 0 aromatic carbocycles. The van der Waals surface area contributed by atoms with Crippen molar-refractivity contribution >= 4 is 5.97 Å². The third-order valence-corrected chi connectivity index (χ3v) is 6.86. The van der Waals surface area contributed by atoms with Gasteiger partial charge in [-0.1, -0.05) is 6.42 Å². The number of rotatable bonds is 2. The second-order valence-electron chi connectivity index (χ2n) is 8.44. The van der Waals surface area contributed by atoms with E-state index in [1.807, 2.05) is 0 Å². The summed E-state index contributed by atoms with van der Waals surface area (Å²) in [5.74, 6) is -0.584. The zero-order valence-corrected chi connectivity index (χ0v) is 14.9. The zero-order valence-electron chi connectivity index (χ0n) is 14.9. The summed E-state index contributed by atoms with van der Waals surface area (Å²) in [5.41, 5.74) is -0.313. The molecule has 5 aliphatic rings. The summed E-state index contributed by atoms with van der Waals surface area (Å²) >= 11 is 0. The highest BCUT2D eigenvalue weighted by molar-refractivity contribution is 5.69. The number of methoxy groups -OCH3 is 1. The van der Waals surface area contributed by atoms with Gasteiger partial charge in [0.2, 0.25) is 0 Å². The topological polar surface area (TPSA) is 63.2 Å². The van der Waals surface area contributed by atoms with Crippen LogP contribution in [0, 0.1) is 0 Å². The van der Waals surface area contributed by atoms with Gasteiger partial charge in [0.1, 0.15) is 6.10 Å². The molecular formula is C19H28O6. The quantitative estimate of drug-likeness (QED) is 0.712. The van der Waals surface area contributed by atoms with Gasteiger partial charge in [-0.05, 0) is 25.7 Å². The lowest BCUT2D eigenvalue weighted by Crippen LogP contribution is -2.54. The van der Waals surface area contributed by atoms with Crippen molar-refractivity contribution in [3.63, 3.8) is 0 Å². The van der Waals surface area contributed by atoms with Gasteiger partial charge in [0.15, 0.2) is 5.79 Å². The summed E-state index contributed by atoms with van der Waals surface area (Å²) in [6.45, 7) is 0. The Kier molecular flexibility index (Phi) is 3.90. The number of hydrogen-bond donors (Lipinski definition) is 0. The Balaban J connectivity index is 1.33. The average Bonchev–Trinajstić information content (AvgIpc) is 3.11. The Hall–Kier alpha value is -0.690. The van der Waals surface area contributed by atoms with Crippen LogP contribution >= 0.6 is 0 Å². The highest BCUT2D eigenvalue weighted by atomic mass is 16.8. The average molecular weight is 352 g/mol. The largest absolute Gasteiger partial charge is 0.469 e. The van der Waals surface area contributed by atoms with Crippen molar-refractivity contribution in [3.05, 3.63) is 0 Å². The second-order valence-corrected chi connectivity index (χ2v) is 8.44. The first kappa shape index (κ1) is 16.5. The van der Waals surface area contributed by atoms with Crippen LogP contribution in [0.2, 0.25) is 0 Å². The van der Waals surface area contributed by atoms with E-state index in [2.05, 4.69) is 0 Å². The molecule has 5 rings (SSSR count). The molecule has 140 valence electrons. The first-order chi connectivity index (χ1) is 12.1. The van der Waals surface area contributed by atoms with Crippen LogP contribution in [-0.4, -0.2) is 55.0 Å². The minimum absolute atomic E-state index is 0.0389. The Morgan fingerprint density at radius 3 is 2.64 bits per heavy atom. The highest BCUT2D eigenvalue weighted by Gasteiger charge is 2.65. The molecule has 2 saturated carbocycles. The van der Waals surface area contributed by atoms with E-state index in [1.54, 1.807) is 0 Å². The summed E-state index contributed by atoms with van der Waals surface area (Å²) in [6, 6.07) is 0. The summed E-state index contributed by atoms with van der Waals surface area (Å²) in [7, 11) is 1.43. The molecule has 0 aromatic heterocycles. The number of fused-ring (bicyclic) bond motifs is 3. The second kappa shape index (κ2) is 5.91. The molecule has 3 aliphatic heterocycles. The fraction of sp³-hybridized carbons (Fsp3) is 0.947. The molecule has 0 aromatic rings. The van der Waals surface area contributed by atoms with Crippen LogP contribution < -0.4 is 0 Å². The van der Waals surface area contributed by atoms with Gasteiger partial charge < -0.3 is 23.7 Å². The van der Waals surface area contributed by atoms with Crippen molar-refractivity contribution in [1.29, 1.82) is 0 Å². The molecule has 25 heavy (non-hydrogen) atoms. The van der Waals surface area contributed by atoms with Gasteiger partial charge in [0, 0.05) is 25.7 Å². The molecule has 6 atom stereocenters. The van der Waals surface area contributed by atoms with Crippen LogP contribution in [0.4, 0.5) is 0 Å². The zero-order chi connectivity index (χ0) is 17.1. The Morgan fingerprint density at radius 2 is 1.84 bits per heavy atom. The minimum atomic E-state index is -0.381. The van der Waals surface area contributed by atoms with Gasteiger partial charge in [-0.25, -0.2) is 0 Å². The lowest BCUT2D eigenvalue weighted by molar-refractivity contribution is -0.216. The molecule has 1 unspecified atom stereocenters. The number of ether oxygens (including phenoxy) is 5. The van der Waals surface area contributed by atoms with Crippen LogP contribution in [0.3, 0.4) is 0 Å². The fourth-order valence-corrected chi connectivity index (χ4v) is 5.74. The molecule has 5 fully saturated rings. The van der Waals surface area contributed by atoms with E-state index < -0.39 is 0 Å². The van der Waals surface area contributed by atoms with Crippen molar-refractivity contribution in [2.45, 2.75) is 106 Å². The van der Waals surface area contributed by atoms with Crippen molar-refractivity contribution < 1.29 is 28.5 Å². The summed E-state index contributed by atoms with van der Waals surface area (Å²) in [4.78, 5) is 11.6. The van der Waals surface area contributed by atoms with Crippen molar-refractivity contribution in [2.24, 2.45) is 0 Å². The van der Waals surface area contributed by atoms with E-state index in [0.29, 0.717) is 6.42 Å². The Bertz CT molecular complexity index is 544. The summed E-state index contributed by atoms with van der Waals surface area (Å²) in [6.07, 6.45) is 9.57. The van der Waals surface area contributed by atoms with E-state index in [-0.39, 0.29) is 47.9 Å². The van der Waals surface area contributed by atoms with Gasteiger partial charge in [-0.2, -0.15) is 0 Å². The summed E-state index contributed by atoms with van der Waals surface area (Å²) in [5, 5.41) is 0. The smallest absolute Gasteiger partial charge is 0.308 e. The van der Waals surface area contributed by atoms with Gasteiger partial charge in [0.05, 0.1) is 43.5 Å². The lowest BCUT2D eigenvalue weighted by Gasteiger charge is -2.44. The Morgan fingerprint density at radius 1 is 1.04 bits per heavy atom. The van der Waals surface area contributed by atoms with Gasteiger partial charge in [-0.3, -0.25) is 4.79 Å². The molecule has 3 heterocycles. The molecule has 0 amide bonds. The molecule has 6 heteroatoms. The van der Waals surface area contributed by atoms with E-state index in [4.69, 9.17) is 23.7 Å². The predicted molar refractivity (Wildman–Crippen MR) is 86.9 cm³/mol. The number of hydrogen-bond acceptors (Lipinski definition) is 6. The monoisotopic (exact) mass is 352 g/mol. The first-order valence-corrected chi connectivity index (χ1v) is 9.87. The molecular weight excluding hydrogens is 324 g/mol. The highest BCUT2D eigenvalue weighted by Crippen LogP contribution is 2.55. The van der Waals surface area contributed by atoms with Crippen LogP contribution in [-0.2, 0) is 28.5 Å². The maximum Gasteiger partial charge on any atom is 0.308 e. The van der Waals surface area contributed by atoms with E-state index in [9.17, 15) is 4.79 Å². The van der Waals surface area contributed by atoms with Crippen molar-refractivity contribution in [3.8, 4) is 0 Å². The molecule has 0 radical (unpaired) electrons. The predicted octanol–water partition coefficient (Wildman–Crippen LogP) is 2.47. The first-order valence-electron chi connectivity index (χ1n) is 9.87. The van der Waals surface area contributed by atoms with Crippen LogP contribution in [0.5, 0.6) is 0 Å². The Labute approximate surface area is 148 Å². The van der Waals surface area contributed by atoms with Crippen molar-refractivity contribution in [2.75, 3.05) is 7.11 Å². The number of carbonyl (C=O) groups excluding carboxylic acids is 1. The number of esters is 1. The van der Waals surface area contributed by atoms with Gasteiger partial charge >= 0.3 is 5.97 Å². The lowest BCUT2D eigenvalue weighted by atomic mass is 9.76. The van der Waals surface area contributed by atoms with Gasteiger partial charge in [-0.15, -0.1) is 0 Å². The van der Waals surface area contributed by atoms with Gasteiger partial charge in [0.25, 0.3) is 0 Å². The van der Waals surface area contributed by atoms with Crippen LogP contribution in [0.1, 0.15) is 64.2 Å². The van der Waals surface area contributed by atoms with Crippen LogP contribution in [0.25, 0.3) is 0 Å². The maximum absolute atomic E-state index is 11.6. The normalized spacial score (nSPS) is 47.3. The molecule has 2 aliphatic carbocycles. The minimum Gasteiger partial charge on any atom is -0.469 e. The molecule has 0 N–H and O–H groups in total. The van der Waals surface area contributed by atoms with E-state index >= 15 is 0 Å². The van der Waals surface area contributed by atoms with Crippen LogP contribution in [0.15, 0.2) is 0 Å². The molecule has 2 bridgehead atoms. The molecule has 2 spiro atoms. The maximum atomic E-state index is 11.6. The standard InChI is InChI=1S/C19H28O6/c1-21-16(20)9-12-5-6-15-18(23-12)10-13(22-15)17-14(11-18)24-19(25-17)7-3-2-4-8-19/h12-15,17H,2-11H2,1H3/t12?,13-,14-,15+,17+,18-/m1/s1. The summed E-state index contributed by atoms with van der Waals surface area (Å²) < 4.78 is 30.6. The molecule has 6 nitrogen and oxygen atoms in total. The van der Waals surface area contributed by atoms with E-state index in [1.165, 1.54) is 26.4 Å². The fourth-order valence-electron chi connectivity index (χ4n) is 5.74. The SMILES string of the molecule is COC(=O)CC1CC[C@@H]2O[C@@H]3C[C@]2(C[C@H]2OC4(CCCCC4)O[C@@H]32)O1. The molecule has 3 saturated heterocycles. The number of carbonyl (C=O) groups is 1. The van der Waals surface area contributed by atoms with E-state index in [0.717, 1.165) is 38.5 Å². The van der Waals surface area contributed by atoms with Crippen molar-refractivity contribution in [1.82, 2.24) is 0 Å². The third kappa shape index (κ3) is 2.64. The third-order valence-electron chi connectivity index (χ3n) is 6.86.